The molecule has 0 spiro atoms. The van der Waals surface area contributed by atoms with Crippen molar-refractivity contribution in [2.24, 2.45) is 0 Å². The topological polar surface area (TPSA) is 3.24 Å². The molecule has 0 amide bonds. The average molecular weight is 205 g/mol. The summed E-state index contributed by atoms with van der Waals surface area (Å²) in [5, 5.41) is 0. The van der Waals surface area contributed by atoms with Gasteiger partial charge < -0.3 is 0 Å². The molecule has 1 heterocycles. The lowest BCUT2D eigenvalue weighted by Crippen LogP contribution is -2.07. The number of hydrogen-bond donors (Lipinski definition) is 0. The van der Waals surface area contributed by atoms with Crippen molar-refractivity contribution < 1.29 is 0 Å². The van der Waals surface area contributed by atoms with Crippen molar-refractivity contribution in [1.29, 1.82) is 0 Å². The van der Waals surface area contributed by atoms with Gasteiger partial charge in [0.2, 0.25) is 0 Å². The standard InChI is InChI=1S/C12H17N.C2H6/c1-9(2)10-4-5-11-7-13(3)8-12(11)6-10;1-2/h4-6,9H,7-8H2,1-3H3;1-2H3. The Bertz CT molecular complexity index is 315. The second-order valence-electron chi connectivity index (χ2n) is 4.36. The van der Waals surface area contributed by atoms with Crippen molar-refractivity contribution >= 4 is 0 Å². The monoisotopic (exact) mass is 205 g/mol. The molecule has 0 fully saturated rings. The fourth-order valence-corrected chi connectivity index (χ4v) is 1.94. The maximum Gasteiger partial charge on any atom is 0.0237 e. The van der Waals surface area contributed by atoms with Crippen LogP contribution in [0.2, 0.25) is 0 Å². The number of hydrogen-bond acceptors (Lipinski definition) is 1. The first-order valence-electron chi connectivity index (χ1n) is 5.97. The van der Waals surface area contributed by atoms with Gasteiger partial charge in [0, 0.05) is 13.1 Å². The molecule has 1 aliphatic heterocycles. The molecule has 2 rings (SSSR count). The van der Waals surface area contributed by atoms with Gasteiger partial charge in [-0.1, -0.05) is 45.9 Å². The molecule has 0 N–H and O–H groups in total. The Morgan fingerprint density at radius 3 is 2.27 bits per heavy atom. The van der Waals surface area contributed by atoms with E-state index in [9.17, 15) is 0 Å². The van der Waals surface area contributed by atoms with Gasteiger partial charge in [0.25, 0.3) is 0 Å². The minimum absolute atomic E-state index is 0.649. The lowest BCUT2D eigenvalue weighted by molar-refractivity contribution is 0.353. The predicted molar refractivity (Wildman–Crippen MR) is 67.1 cm³/mol. The number of nitrogens with zero attached hydrogens (tertiary/aromatic N) is 1. The Labute approximate surface area is 94.1 Å². The van der Waals surface area contributed by atoms with Crippen molar-refractivity contribution in [2.45, 2.75) is 46.7 Å². The molecule has 0 aliphatic carbocycles. The molecule has 0 aromatic heterocycles. The van der Waals surface area contributed by atoms with Crippen molar-refractivity contribution in [1.82, 2.24) is 4.90 Å². The quantitative estimate of drug-likeness (QED) is 0.674. The van der Waals surface area contributed by atoms with Gasteiger partial charge in [0.1, 0.15) is 0 Å². The highest BCUT2D eigenvalue weighted by Crippen LogP contribution is 2.25. The van der Waals surface area contributed by atoms with Crippen LogP contribution < -0.4 is 0 Å². The molecule has 15 heavy (non-hydrogen) atoms. The van der Waals surface area contributed by atoms with Crippen LogP contribution in [0.3, 0.4) is 0 Å². The van der Waals surface area contributed by atoms with E-state index >= 15 is 0 Å². The van der Waals surface area contributed by atoms with E-state index < -0.39 is 0 Å². The third-order valence-electron chi connectivity index (χ3n) is 2.78. The molecule has 0 saturated carbocycles. The van der Waals surface area contributed by atoms with Crippen LogP contribution in [0.1, 0.15) is 50.3 Å². The van der Waals surface area contributed by atoms with Gasteiger partial charge in [-0.25, -0.2) is 0 Å². The van der Waals surface area contributed by atoms with Crippen LogP contribution in [-0.2, 0) is 13.1 Å². The van der Waals surface area contributed by atoms with Gasteiger partial charge in [-0.2, -0.15) is 0 Å². The third kappa shape index (κ3) is 2.82. The minimum Gasteiger partial charge on any atom is -0.298 e. The highest BCUT2D eigenvalue weighted by atomic mass is 15.1. The summed E-state index contributed by atoms with van der Waals surface area (Å²) in [4.78, 5) is 2.36. The normalized spacial score (nSPS) is 14.8. The first-order valence-corrected chi connectivity index (χ1v) is 5.97. The Morgan fingerprint density at radius 1 is 1.07 bits per heavy atom. The van der Waals surface area contributed by atoms with Crippen molar-refractivity contribution in [2.75, 3.05) is 7.05 Å². The maximum absolute atomic E-state index is 2.36. The van der Waals surface area contributed by atoms with E-state index in [1.807, 2.05) is 13.8 Å². The molecule has 1 aromatic carbocycles. The average Bonchev–Trinajstić information content (AvgIpc) is 2.59. The molecule has 1 heteroatoms. The smallest absolute Gasteiger partial charge is 0.0237 e. The van der Waals surface area contributed by atoms with Crippen LogP contribution in [0.4, 0.5) is 0 Å². The van der Waals surface area contributed by atoms with Crippen LogP contribution in [0.15, 0.2) is 18.2 Å². The number of rotatable bonds is 1. The van der Waals surface area contributed by atoms with Crippen LogP contribution in [0.25, 0.3) is 0 Å². The van der Waals surface area contributed by atoms with Crippen molar-refractivity contribution in [3.8, 4) is 0 Å². The van der Waals surface area contributed by atoms with E-state index in [-0.39, 0.29) is 0 Å². The zero-order valence-electron chi connectivity index (χ0n) is 10.7. The summed E-state index contributed by atoms with van der Waals surface area (Å²) in [5.74, 6) is 0.649. The highest BCUT2D eigenvalue weighted by Gasteiger charge is 2.15. The molecule has 84 valence electrons. The summed E-state index contributed by atoms with van der Waals surface area (Å²) in [6.07, 6.45) is 0. The molecule has 0 unspecified atom stereocenters. The second-order valence-corrected chi connectivity index (χ2v) is 4.36. The second kappa shape index (κ2) is 5.32. The van der Waals surface area contributed by atoms with Crippen molar-refractivity contribution in [3.63, 3.8) is 0 Å². The van der Waals surface area contributed by atoms with E-state index in [4.69, 9.17) is 0 Å². The summed E-state index contributed by atoms with van der Waals surface area (Å²) in [5.41, 5.74) is 4.50. The number of benzene rings is 1. The van der Waals surface area contributed by atoms with Gasteiger partial charge in [0.05, 0.1) is 0 Å². The zero-order chi connectivity index (χ0) is 11.4. The largest absolute Gasteiger partial charge is 0.298 e. The fourth-order valence-electron chi connectivity index (χ4n) is 1.94. The summed E-state index contributed by atoms with van der Waals surface area (Å²) in [7, 11) is 2.18. The van der Waals surface area contributed by atoms with Crippen molar-refractivity contribution in [3.05, 3.63) is 34.9 Å². The zero-order valence-corrected chi connectivity index (χ0v) is 10.7. The van der Waals surface area contributed by atoms with Gasteiger partial charge in [-0.05, 0) is 29.7 Å². The lowest BCUT2D eigenvalue weighted by atomic mass is 9.99. The summed E-state index contributed by atoms with van der Waals surface area (Å²) in [6.45, 7) is 10.7. The lowest BCUT2D eigenvalue weighted by Gasteiger charge is -2.06. The van der Waals surface area contributed by atoms with Gasteiger partial charge in [-0.3, -0.25) is 4.90 Å². The molecule has 0 atom stereocenters. The summed E-state index contributed by atoms with van der Waals surface area (Å²) in [6, 6.07) is 6.92. The number of fused-ring (bicyclic) bond motifs is 1. The Balaban J connectivity index is 0.000000531. The first-order chi connectivity index (χ1) is 7.16. The highest BCUT2D eigenvalue weighted by molar-refractivity contribution is 5.35. The fraction of sp³-hybridized carbons (Fsp3) is 0.571. The van der Waals surface area contributed by atoms with Crippen LogP contribution in [0.5, 0.6) is 0 Å². The maximum atomic E-state index is 2.36. The molecule has 1 aliphatic rings. The van der Waals surface area contributed by atoms with E-state index in [0.717, 1.165) is 13.1 Å². The van der Waals surface area contributed by atoms with Crippen LogP contribution in [0, 0.1) is 0 Å². The molecule has 1 aromatic rings. The molecular formula is C14H23N. The first kappa shape index (κ1) is 12.3. The third-order valence-corrected chi connectivity index (χ3v) is 2.78. The molecule has 0 bridgehead atoms. The van der Waals surface area contributed by atoms with E-state index in [0.29, 0.717) is 5.92 Å². The van der Waals surface area contributed by atoms with Gasteiger partial charge >= 0.3 is 0 Å². The SMILES string of the molecule is CC.CC(C)c1ccc2c(c1)CN(C)C2. The summed E-state index contributed by atoms with van der Waals surface area (Å²) >= 11 is 0. The summed E-state index contributed by atoms with van der Waals surface area (Å²) < 4.78 is 0. The molecular weight excluding hydrogens is 182 g/mol. The van der Waals surface area contributed by atoms with E-state index in [1.54, 1.807) is 0 Å². The Hall–Kier alpha value is -0.820. The Morgan fingerprint density at radius 2 is 1.67 bits per heavy atom. The van der Waals surface area contributed by atoms with E-state index in [2.05, 4.69) is 44.0 Å². The van der Waals surface area contributed by atoms with Crippen LogP contribution >= 0.6 is 0 Å². The Kier molecular flexibility index (Phi) is 4.34. The molecule has 0 saturated heterocycles. The van der Waals surface area contributed by atoms with Gasteiger partial charge in [-0.15, -0.1) is 0 Å². The minimum atomic E-state index is 0.649. The molecule has 0 radical (unpaired) electrons. The van der Waals surface area contributed by atoms with Gasteiger partial charge in [0.15, 0.2) is 0 Å². The van der Waals surface area contributed by atoms with E-state index in [1.165, 1.54) is 16.7 Å². The molecule has 1 nitrogen and oxygen atoms in total. The van der Waals surface area contributed by atoms with Crippen LogP contribution in [-0.4, -0.2) is 11.9 Å². The predicted octanol–water partition coefficient (Wildman–Crippen LogP) is 3.78.